The summed E-state index contributed by atoms with van der Waals surface area (Å²) in [5.74, 6) is 0.784. The van der Waals surface area contributed by atoms with Gasteiger partial charge in [-0.25, -0.2) is 0 Å². The molecule has 0 aliphatic carbocycles. The molecule has 1 aromatic rings. The van der Waals surface area contributed by atoms with E-state index >= 15 is 0 Å². The van der Waals surface area contributed by atoms with Gasteiger partial charge in [0.15, 0.2) is 6.23 Å². The largest absolute Gasteiger partial charge is 0.475 e. The van der Waals surface area contributed by atoms with E-state index in [4.69, 9.17) is 16.3 Å². The number of hydrogen-bond acceptors (Lipinski definition) is 3. The lowest BCUT2D eigenvalue weighted by atomic mass is 10.2. The van der Waals surface area contributed by atoms with E-state index in [0.29, 0.717) is 5.56 Å². The first-order valence-corrected chi connectivity index (χ1v) is 8.70. The third kappa shape index (κ3) is 8.05. The van der Waals surface area contributed by atoms with Gasteiger partial charge in [-0.1, -0.05) is 33.6 Å². The van der Waals surface area contributed by atoms with Crippen LogP contribution in [0.4, 0.5) is 0 Å². The van der Waals surface area contributed by atoms with Crippen LogP contribution in [0.1, 0.15) is 63.2 Å². The molecule has 0 saturated carbocycles. The van der Waals surface area contributed by atoms with Gasteiger partial charge in [0.1, 0.15) is 5.75 Å². The standard InChI is InChI=1S/C18H28ClNO2.ClH/c1-4-7-13-20(14-8-5-2)17(6-3)22-16-11-9-15(10-12-16)18(19)21;/h9-12,17H,4-8,13-14H2,1-3H3;1H. The fourth-order valence-corrected chi connectivity index (χ4v) is 2.49. The van der Waals surface area contributed by atoms with Crippen molar-refractivity contribution >= 4 is 29.3 Å². The van der Waals surface area contributed by atoms with E-state index in [-0.39, 0.29) is 18.6 Å². The van der Waals surface area contributed by atoms with Crippen LogP contribution in [0.15, 0.2) is 24.3 Å². The molecule has 23 heavy (non-hydrogen) atoms. The SMILES string of the molecule is CCCCN(CCCC)C(CC)Oc1ccc(C(=O)Cl)cc1.Cl. The van der Waals surface area contributed by atoms with Gasteiger partial charge >= 0.3 is 0 Å². The summed E-state index contributed by atoms with van der Waals surface area (Å²) in [5, 5.41) is -0.439. The maximum atomic E-state index is 11.1. The smallest absolute Gasteiger partial charge is 0.252 e. The van der Waals surface area contributed by atoms with Gasteiger partial charge in [-0.2, -0.15) is 0 Å². The molecular weight excluding hydrogens is 333 g/mol. The number of carbonyl (C=O) groups is 1. The number of ether oxygens (including phenoxy) is 1. The van der Waals surface area contributed by atoms with Crippen molar-refractivity contribution in [2.45, 2.75) is 59.1 Å². The first-order valence-electron chi connectivity index (χ1n) is 8.32. The summed E-state index contributed by atoms with van der Waals surface area (Å²) in [5.41, 5.74) is 0.496. The van der Waals surface area contributed by atoms with Gasteiger partial charge in [0.05, 0.1) is 0 Å². The van der Waals surface area contributed by atoms with E-state index in [2.05, 4.69) is 25.7 Å². The first kappa shape index (κ1) is 22.2. The summed E-state index contributed by atoms with van der Waals surface area (Å²) < 4.78 is 6.13. The minimum atomic E-state index is -0.439. The summed E-state index contributed by atoms with van der Waals surface area (Å²) in [7, 11) is 0. The number of carbonyl (C=O) groups excluding carboxylic acids is 1. The van der Waals surface area contributed by atoms with Crippen molar-refractivity contribution in [2.75, 3.05) is 13.1 Å². The van der Waals surface area contributed by atoms with E-state index in [9.17, 15) is 4.79 Å². The number of halogens is 2. The molecule has 1 atom stereocenters. The Kier molecular flexibility index (Phi) is 12.2. The summed E-state index contributed by atoms with van der Waals surface area (Å²) in [6, 6.07) is 7.05. The zero-order valence-electron chi connectivity index (χ0n) is 14.4. The lowest BCUT2D eigenvalue weighted by molar-refractivity contribution is 0.0202. The van der Waals surface area contributed by atoms with Crippen LogP contribution in [0.2, 0.25) is 0 Å². The second kappa shape index (κ2) is 12.6. The third-order valence-electron chi connectivity index (χ3n) is 3.71. The van der Waals surface area contributed by atoms with Crippen molar-refractivity contribution in [3.05, 3.63) is 29.8 Å². The molecule has 132 valence electrons. The van der Waals surface area contributed by atoms with E-state index in [0.717, 1.165) is 25.3 Å². The second-order valence-electron chi connectivity index (χ2n) is 5.52. The van der Waals surface area contributed by atoms with Gasteiger partial charge in [0, 0.05) is 18.7 Å². The van der Waals surface area contributed by atoms with Crippen LogP contribution in [0.3, 0.4) is 0 Å². The molecule has 0 spiro atoms. The number of nitrogens with zero attached hydrogens (tertiary/aromatic N) is 1. The molecule has 1 unspecified atom stereocenters. The number of benzene rings is 1. The summed E-state index contributed by atoms with van der Waals surface area (Å²) in [4.78, 5) is 13.5. The monoisotopic (exact) mass is 361 g/mol. The molecule has 0 fully saturated rings. The maximum absolute atomic E-state index is 11.1. The zero-order chi connectivity index (χ0) is 16.4. The number of unbranched alkanes of at least 4 members (excludes halogenated alkanes) is 2. The summed E-state index contributed by atoms with van der Waals surface area (Å²) in [6.07, 6.45) is 5.75. The van der Waals surface area contributed by atoms with Crippen molar-refractivity contribution in [2.24, 2.45) is 0 Å². The van der Waals surface area contributed by atoms with Crippen molar-refractivity contribution in [1.82, 2.24) is 4.90 Å². The molecule has 0 aliphatic heterocycles. The lowest BCUT2D eigenvalue weighted by Gasteiger charge is -2.31. The fourth-order valence-electron chi connectivity index (χ4n) is 2.36. The molecule has 0 amide bonds. The fraction of sp³-hybridized carbons (Fsp3) is 0.611. The van der Waals surface area contributed by atoms with Crippen LogP contribution >= 0.6 is 24.0 Å². The number of rotatable bonds is 11. The summed E-state index contributed by atoms with van der Waals surface area (Å²) >= 11 is 5.47. The molecule has 0 heterocycles. The van der Waals surface area contributed by atoms with Crippen LogP contribution < -0.4 is 4.74 Å². The van der Waals surface area contributed by atoms with Crippen molar-refractivity contribution in [3.8, 4) is 5.75 Å². The minimum absolute atomic E-state index is 0. The molecule has 3 nitrogen and oxygen atoms in total. The highest BCUT2D eigenvalue weighted by molar-refractivity contribution is 6.67. The Morgan fingerprint density at radius 3 is 2.00 bits per heavy atom. The normalized spacial score (nSPS) is 11.9. The van der Waals surface area contributed by atoms with Gasteiger partial charge in [-0.15, -0.1) is 12.4 Å². The van der Waals surface area contributed by atoms with Crippen LogP contribution in [-0.2, 0) is 0 Å². The Morgan fingerprint density at radius 2 is 1.61 bits per heavy atom. The molecule has 0 radical (unpaired) electrons. The molecular formula is C18H29Cl2NO2. The average molecular weight is 362 g/mol. The van der Waals surface area contributed by atoms with Crippen LogP contribution in [0.5, 0.6) is 5.75 Å². The quantitative estimate of drug-likeness (QED) is 0.384. The summed E-state index contributed by atoms with van der Waals surface area (Å²) in [6.45, 7) is 8.69. The van der Waals surface area contributed by atoms with Crippen molar-refractivity contribution in [1.29, 1.82) is 0 Å². The molecule has 1 rings (SSSR count). The predicted molar refractivity (Wildman–Crippen MR) is 100.0 cm³/mol. The third-order valence-corrected chi connectivity index (χ3v) is 3.93. The average Bonchev–Trinajstić information content (AvgIpc) is 2.53. The lowest BCUT2D eigenvalue weighted by Crippen LogP contribution is -2.40. The van der Waals surface area contributed by atoms with Gasteiger partial charge in [0.25, 0.3) is 5.24 Å². The molecule has 0 saturated heterocycles. The highest BCUT2D eigenvalue weighted by atomic mass is 35.5. The highest BCUT2D eigenvalue weighted by Gasteiger charge is 2.17. The Morgan fingerprint density at radius 1 is 1.09 bits per heavy atom. The van der Waals surface area contributed by atoms with E-state index < -0.39 is 5.24 Å². The maximum Gasteiger partial charge on any atom is 0.252 e. The molecule has 0 aromatic heterocycles. The molecule has 0 bridgehead atoms. The van der Waals surface area contributed by atoms with Crippen LogP contribution in [-0.4, -0.2) is 29.5 Å². The number of hydrogen-bond donors (Lipinski definition) is 0. The minimum Gasteiger partial charge on any atom is -0.475 e. The predicted octanol–water partition coefficient (Wildman–Crippen LogP) is 5.50. The van der Waals surface area contributed by atoms with E-state index in [1.54, 1.807) is 12.1 Å². The van der Waals surface area contributed by atoms with Gasteiger partial charge in [-0.3, -0.25) is 9.69 Å². The second-order valence-corrected chi connectivity index (χ2v) is 5.87. The van der Waals surface area contributed by atoms with Crippen LogP contribution in [0, 0.1) is 0 Å². The van der Waals surface area contributed by atoms with Crippen molar-refractivity contribution in [3.63, 3.8) is 0 Å². The van der Waals surface area contributed by atoms with E-state index in [1.807, 2.05) is 12.1 Å². The molecule has 0 aliphatic rings. The Balaban J connectivity index is 0.00000484. The Labute approximate surface area is 151 Å². The van der Waals surface area contributed by atoms with Crippen LogP contribution in [0.25, 0.3) is 0 Å². The van der Waals surface area contributed by atoms with Gasteiger partial charge in [0.2, 0.25) is 0 Å². The zero-order valence-corrected chi connectivity index (χ0v) is 16.0. The van der Waals surface area contributed by atoms with Crippen molar-refractivity contribution < 1.29 is 9.53 Å². The van der Waals surface area contributed by atoms with E-state index in [1.165, 1.54) is 25.7 Å². The van der Waals surface area contributed by atoms with Gasteiger partial charge in [-0.05, 0) is 55.1 Å². The first-order chi connectivity index (χ1) is 10.6. The van der Waals surface area contributed by atoms with Gasteiger partial charge < -0.3 is 4.74 Å². The molecule has 1 aromatic carbocycles. The Bertz CT molecular complexity index is 429. The molecule has 0 N–H and O–H groups in total. The highest BCUT2D eigenvalue weighted by Crippen LogP contribution is 2.18. The topological polar surface area (TPSA) is 29.5 Å². The molecule has 5 heteroatoms. The Hall–Kier alpha value is -0.770.